The number of hydrogen-bond donors (Lipinski definition) is 1. The Hall–Kier alpha value is -2.82. The van der Waals surface area contributed by atoms with E-state index in [9.17, 15) is 4.79 Å². The molecule has 0 saturated heterocycles. The number of hydrogen-bond acceptors (Lipinski definition) is 3. The number of nitrogens with one attached hydrogen (secondary N) is 1. The van der Waals surface area contributed by atoms with E-state index in [1.54, 1.807) is 37.4 Å². The van der Waals surface area contributed by atoms with Crippen molar-refractivity contribution in [2.75, 3.05) is 7.11 Å². The summed E-state index contributed by atoms with van der Waals surface area (Å²) in [6.45, 7) is 1.29. The second-order valence-electron chi connectivity index (χ2n) is 6.31. The molecule has 0 aliphatic rings. The average Bonchev–Trinajstić information content (AvgIpc) is 2.74. The molecular weight excluding hydrogens is 374 g/mol. The maximum absolute atomic E-state index is 12.5. The Morgan fingerprint density at radius 2 is 1.68 bits per heavy atom. The van der Waals surface area contributed by atoms with Gasteiger partial charge >= 0.3 is 0 Å². The SMILES string of the molecule is COc1ccc(C(=O)NCc2ccc(Cl)cc2)cc1COCc1ccccc1. The van der Waals surface area contributed by atoms with Gasteiger partial charge in [0, 0.05) is 22.7 Å². The molecule has 5 heteroatoms. The van der Waals surface area contributed by atoms with Crippen molar-refractivity contribution in [2.24, 2.45) is 0 Å². The largest absolute Gasteiger partial charge is 0.496 e. The summed E-state index contributed by atoms with van der Waals surface area (Å²) < 4.78 is 11.2. The molecular formula is C23H22ClNO3. The summed E-state index contributed by atoms with van der Waals surface area (Å²) in [7, 11) is 1.61. The Labute approximate surface area is 170 Å². The molecule has 3 aromatic carbocycles. The topological polar surface area (TPSA) is 47.6 Å². The third-order valence-electron chi connectivity index (χ3n) is 4.28. The summed E-state index contributed by atoms with van der Waals surface area (Å²) in [6, 6.07) is 22.7. The first-order valence-electron chi connectivity index (χ1n) is 8.97. The van der Waals surface area contributed by atoms with E-state index in [4.69, 9.17) is 21.1 Å². The predicted molar refractivity (Wildman–Crippen MR) is 111 cm³/mol. The van der Waals surface area contributed by atoms with E-state index in [2.05, 4.69) is 5.32 Å². The molecule has 0 unspecified atom stereocenters. The van der Waals surface area contributed by atoms with Crippen LogP contribution in [0.4, 0.5) is 0 Å². The number of carbonyl (C=O) groups excluding carboxylic acids is 1. The Balaban J connectivity index is 1.62. The molecule has 0 heterocycles. The van der Waals surface area contributed by atoms with Gasteiger partial charge in [0.2, 0.25) is 0 Å². The van der Waals surface area contributed by atoms with Crippen LogP contribution in [0.1, 0.15) is 27.0 Å². The molecule has 1 amide bonds. The Kier molecular flexibility index (Phi) is 7.06. The van der Waals surface area contributed by atoms with Crippen LogP contribution < -0.4 is 10.1 Å². The Bertz CT molecular complexity index is 911. The number of methoxy groups -OCH3 is 1. The lowest BCUT2D eigenvalue weighted by atomic mass is 10.1. The summed E-state index contributed by atoms with van der Waals surface area (Å²) in [6.07, 6.45) is 0. The molecule has 3 rings (SSSR count). The molecule has 0 fully saturated rings. The molecule has 0 aliphatic carbocycles. The van der Waals surface area contributed by atoms with Gasteiger partial charge in [0.25, 0.3) is 5.91 Å². The van der Waals surface area contributed by atoms with Crippen LogP contribution in [-0.4, -0.2) is 13.0 Å². The quantitative estimate of drug-likeness (QED) is 0.584. The lowest BCUT2D eigenvalue weighted by molar-refractivity contribution is 0.0948. The van der Waals surface area contributed by atoms with E-state index >= 15 is 0 Å². The summed E-state index contributed by atoms with van der Waals surface area (Å²) >= 11 is 5.89. The van der Waals surface area contributed by atoms with E-state index in [-0.39, 0.29) is 5.91 Å². The molecule has 28 heavy (non-hydrogen) atoms. The highest BCUT2D eigenvalue weighted by Crippen LogP contribution is 2.21. The van der Waals surface area contributed by atoms with Gasteiger partial charge in [0.05, 0.1) is 20.3 Å². The van der Waals surface area contributed by atoms with Gasteiger partial charge in [-0.15, -0.1) is 0 Å². The van der Waals surface area contributed by atoms with Crippen molar-refractivity contribution in [3.63, 3.8) is 0 Å². The number of amides is 1. The van der Waals surface area contributed by atoms with Crippen LogP contribution in [0.15, 0.2) is 72.8 Å². The van der Waals surface area contributed by atoms with Crippen LogP contribution in [0.25, 0.3) is 0 Å². The van der Waals surface area contributed by atoms with E-state index in [0.717, 1.165) is 16.7 Å². The molecule has 0 atom stereocenters. The summed E-state index contributed by atoms with van der Waals surface area (Å²) in [4.78, 5) is 12.5. The van der Waals surface area contributed by atoms with Gasteiger partial charge in [-0.2, -0.15) is 0 Å². The predicted octanol–water partition coefficient (Wildman–Crippen LogP) is 5.00. The monoisotopic (exact) mass is 395 g/mol. The van der Waals surface area contributed by atoms with Gasteiger partial charge in [-0.05, 0) is 41.5 Å². The molecule has 0 spiro atoms. The third-order valence-corrected chi connectivity index (χ3v) is 4.53. The van der Waals surface area contributed by atoms with Gasteiger partial charge in [-0.1, -0.05) is 54.1 Å². The minimum absolute atomic E-state index is 0.151. The van der Waals surface area contributed by atoms with E-state index in [1.807, 2.05) is 42.5 Å². The Morgan fingerprint density at radius 3 is 2.39 bits per heavy atom. The first-order chi connectivity index (χ1) is 13.7. The van der Waals surface area contributed by atoms with Crippen LogP contribution >= 0.6 is 11.6 Å². The van der Waals surface area contributed by atoms with Crippen LogP contribution in [0, 0.1) is 0 Å². The molecule has 0 aliphatic heterocycles. The van der Waals surface area contributed by atoms with Crippen molar-refractivity contribution in [1.82, 2.24) is 5.32 Å². The zero-order valence-electron chi connectivity index (χ0n) is 15.7. The zero-order chi connectivity index (χ0) is 19.8. The van der Waals surface area contributed by atoms with Gasteiger partial charge in [-0.3, -0.25) is 4.79 Å². The average molecular weight is 396 g/mol. The second-order valence-corrected chi connectivity index (χ2v) is 6.75. The van der Waals surface area contributed by atoms with E-state index < -0.39 is 0 Å². The van der Waals surface area contributed by atoms with Gasteiger partial charge in [0.15, 0.2) is 0 Å². The molecule has 3 aromatic rings. The van der Waals surface area contributed by atoms with Crippen molar-refractivity contribution < 1.29 is 14.3 Å². The van der Waals surface area contributed by atoms with Crippen molar-refractivity contribution in [2.45, 2.75) is 19.8 Å². The smallest absolute Gasteiger partial charge is 0.251 e. The number of carbonyl (C=O) groups is 1. The zero-order valence-corrected chi connectivity index (χ0v) is 16.4. The first kappa shape index (κ1) is 19.9. The van der Waals surface area contributed by atoms with Crippen LogP contribution in [-0.2, 0) is 24.5 Å². The maximum atomic E-state index is 12.5. The highest BCUT2D eigenvalue weighted by atomic mass is 35.5. The summed E-state index contributed by atoms with van der Waals surface area (Å²) in [5.74, 6) is 0.546. The summed E-state index contributed by atoms with van der Waals surface area (Å²) in [5.41, 5.74) is 3.47. The first-order valence-corrected chi connectivity index (χ1v) is 9.35. The lowest BCUT2D eigenvalue weighted by Gasteiger charge is -2.12. The summed E-state index contributed by atoms with van der Waals surface area (Å²) in [5, 5.41) is 3.59. The fraction of sp³-hybridized carbons (Fsp3) is 0.174. The van der Waals surface area contributed by atoms with Crippen LogP contribution in [0.2, 0.25) is 5.02 Å². The molecule has 0 radical (unpaired) electrons. The number of rotatable bonds is 8. The number of ether oxygens (including phenoxy) is 2. The molecule has 0 aromatic heterocycles. The van der Waals surface area contributed by atoms with E-state index in [1.165, 1.54) is 0 Å². The molecule has 1 N–H and O–H groups in total. The molecule has 4 nitrogen and oxygen atoms in total. The van der Waals surface area contributed by atoms with Crippen molar-refractivity contribution in [1.29, 1.82) is 0 Å². The maximum Gasteiger partial charge on any atom is 0.251 e. The Morgan fingerprint density at radius 1 is 0.929 bits per heavy atom. The standard InChI is InChI=1S/C23H22ClNO3/c1-27-22-12-9-19(23(26)25-14-17-7-10-21(24)11-8-17)13-20(22)16-28-15-18-5-3-2-4-6-18/h2-13H,14-16H2,1H3,(H,25,26). The fourth-order valence-corrected chi connectivity index (χ4v) is 2.90. The van der Waals surface area contributed by atoms with Crippen molar-refractivity contribution in [3.05, 3.63) is 100 Å². The second kappa shape index (κ2) is 9.93. The highest BCUT2D eigenvalue weighted by Gasteiger charge is 2.11. The normalized spacial score (nSPS) is 10.5. The van der Waals surface area contributed by atoms with Crippen LogP contribution in [0.3, 0.4) is 0 Å². The lowest BCUT2D eigenvalue weighted by Crippen LogP contribution is -2.23. The number of benzene rings is 3. The number of halogens is 1. The third kappa shape index (κ3) is 5.59. The van der Waals surface area contributed by atoms with Gasteiger partial charge in [-0.25, -0.2) is 0 Å². The van der Waals surface area contributed by atoms with Crippen molar-refractivity contribution in [3.8, 4) is 5.75 Å². The minimum atomic E-state index is -0.151. The molecule has 0 saturated carbocycles. The fourth-order valence-electron chi connectivity index (χ4n) is 2.77. The van der Waals surface area contributed by atoms with Gasteiger partial charge in [0.1, 0.15) is 5.75 Å². The van der Waals surface area contributed by atoms with Gasteiger partial charge < -0.3 is 14.8 Å². The minimum Gasteiger partial charge on any atom is -0.496 e. The molecule has 144 valence electrons. The van der Waals surface area contributed by atoms with E-state index in [0.29, 0.717) is 36.1 Å². The highest BCUT2D eigenvalue weighted by molar-refractivity contribution is 6.30. The molecule has 0 bridgehead atoms. The van der Waals surface area contributed by atoms with Crippen molar-refractivity contribution >= 4 is 17.5 Å². The van der Waals surface area contributed by atoms with Crippen LogP contribution in [0.5, 0.6) is 5.75 Å².